The number of aliphatic hydroxyl groups excluding tert-OH is 2. The van der Waals surface area contributed by atoms with Crippen molar-refractivity contribution in [1.29, 1.82) is 0 Å². The van der Waals surface area contributed by atoms with Crippen molar-refractivity contribution >= 4 is 44.8 Å². The van der Waals surface area contributed by atoms with E-state index in [0.29, 0.717) is 11.4 Å². The normalized spacial score (nSPS) is 17.7. The Kier molecular flexibility index (Phi) is 10.6. The zero-order chi connectivity index (χ0) is 20.5. The van der Waals surface area contributed by atoms with E-state index in [4.69, 9.17) is 10.2 Å². The fourth-order valence-corrected chi connectivity index (χ4v) is 3.78. The second-order valence-corrected chi connectivity index (χ2v) is 8.20. The van der Waals surface area contributed by atoms with Crippen LogP contribution < -0.4 is 5.73 Å². The zero-order valence-corrected chi connectivity index (χ0v) is 17.9. The average Bonchev–Trinajstić information content (AvgIpc) is 3.26. The van der Waals surface area contributed by atoms with Gasteiger partial charge in [-0.05, 0) is 64.3 Å². The number of hydrogen-bond donors (Lipinski definition) is 3. The highest BCUT2D eigenvalue weighted by molar-refractivity contribution is 7.89. The third-order valence-electron chi connectivity index (χ3n) is 3.46. The van der Waals surface area contributed by atoms with E-state index in [1.54, 1.807) is 17.0 Å². The second-order valence-electron chi connectivity index (χ2n) is 5.53. The van der Waals surface area contributed by atoms with E-state index in [-0.39, 0.29) is 11.2 Å². The minimum Gasteiger partial charge on any atom is -0.487 e. The molecule has 1 aliphatic heterocycles. The molecule has 0 radical (unpaired) electrons. The number of benzene rings is 1. The lowest BCUT2D eigenvalue weighted by atomic mass is 10.2. The lowest BCUT2D eigenvalue weighted by Gasteiger charge is -2.15. The molecule has 0 saturated carbocycles. The Hall–Kier alpha value is -1.49. The van der Waals surface area contributed by atoms with Crippen molar-refractivity contribution in [3.63, 3.8) is 0 Å². The van der Waals surface area contributed by atoms with E-state index in [9.17, 15) is 8.42 Å². The molecule has 1 heterocycles. The first kappa shape index (κ1) is 24.5. The van der Waals surface area contributed by atoms with E-state index in [1.807, 2.05) is 39.8 Å². The molecule has 0 amide bonds. The predicted octanol–water partition coefficient (Wildman–Crippen LogP) is 2.35. The molecular formula is C16H27N3O4S3. The summed E-state index contributed by atoms with van der Waals surface area (Å²) < 4.78 is 25.2. The Labute approximate surface area is 166 Å². The van der Waals surface area contributed by atoms with Crippen LogP contribution in [0.25, 0.3) is 0 Å². The van der Waals surface area contributed by atoms with Gasteiger partial charge in [-0.3, -0.25) is 0 Å². The highest BCUT2D eigenvalue weighted by Crippen LogP contribution is 2.27. The Balaban J connectivity index is 0.000000444. The van der Waals surface area contributed by atoms with E-state index >= 15 is 0 Å². The van der Waals surface area contributed by atoms with Crippen LogP contribution in [0.3, 0.4) is 0 Å². The van der Waals surface area contributed by atoms with Gasteiger partial charge in [-0.2, -0.15) is 4.31 Å². The van der Waals surface area contributed by atoms with Crippen LogP contribution >= 0.6 is 24.4 Å². The van der Waals surface area contributed by atoms with Gasteiger partial charge in [0.05, 0.1) is 4.90 Å². The molecule has 1 aliphatic rings. The lowest BCUT2D eigenvalue weighted by Crippen LogP contribution is -2.28. The minimum atomic E-state index is -3.20. The van der Waals surface area contributed by atoms with Crippen molar-refractivity contribution < 1.29 is 18.6 Å². The Morgan fingerprint density at radius 1 is 1.23 bits per heavy atom. The monoisotopic (exact) mass is 421 g/mol. The van der Waals surface area contributed by atoms with Crippen molar-refractivity contribution in [3.05, 3.63) is 29.8 Å². The molecule has 1 saturated heterocycles. The summed E-state index contributed by atoms with van der Waals surface area (Å²) in [6.45, 7) is 9.97. The predicted molar refractivity (Wildman–Crippen MR) is 112 cm³/mol. The molecule has 7 nitrogen and oxygen atoms in total. The largest absolute Gasteiger partial charge is 0.487 e. The summed E-state index contributed by atoms with van der Waals surface area (Å²) in [5.74, 6) is 0. The summed E-state index contributed by atoms with van der Waals surface area (Å²) in [5, 5.41) is 15.7. The second kappa shape index (κ2) is 11.3. The van der Waals surface area contributed by atoms with Crippen molar-refractivity contribution in [2.24, 2.45) is 5.73 Å². The molecule has 1 aromatic carbocycles. The fourth-order valence-electron chi connectivity index (χ4n) is 1.89. The van der Waals surface area contributed by atoms with Crippen molar-refractivity contribution in [2.45, 2.75) is 38.6 Å². The first-order valence-electron chi connectivity index (χ1n) is 8.02. The molecule has 0 spiro atoms. The highest BCUT2D eigenvalue weighted by atomic mass is 32.2. The average molecular weight is 422 g/mol. The molecular weight excluding hydrogens is 394 g/mol. The summed E-state index contributed by atoms with van der Waals surface area (Å²) in [4.78, 5) is 2.10. The molecule has 2 atom stereocenters. The molecule has 26 heavy (non-hydrogen) atoms. The van der Waals surface area contributed by atoms with Crippen LogP contribution in [0, 0.1) is 6.92 Å². The van der Waals surface area contributed by atoms with Gasteiger partial charge in [-0.25, -0.2) is 8.42 Å². The van der Waals surface area contributed by atoms with Gasteiger partial charge in [-0.1, -0.05) is 17.7 Å². The van der Waals surface area contributed by atoms with Crippen molar-refractivity contribution in [1.82, 2.24) is 9.21 Å². The van der Waals surface area contributed by atoms with E-state index in [1.165, 1.54) is 4.31 Å². The van der Waals surface area contributed by atoms with Crippen molar-refractivity contribution in [2.75, 3.05) is 19.6 Å². The first-order valence-corrected chi connectivity index (χ1v) is 10.3. The molecule has 148 valence electrons. The smallest absolute Gasteiger partial charge is 0.256 e. The summed E-state index contributed by atoms with van der Waals surface area (Å²) in [5.41, 5.74) is 5.47. The van der Waals surface area contributed by atoms with Crippen LogP contribution in [0.4, 0.5) is 0 Å². The number of thiocarbonyl (C=S) groups is 2. The lowest BCUT2D eigenvalue weighted by molar-refractivity contribution is 0.371. The van der Waals surface area contributed by atoms with E-state index < -0.39 is 15.2 Å². The maximum atomic E-state index is 11.8. The van der Waals surface area contributed by atoms with Crippen LogP contribution in [0.5, 0.6) is 0 Å². The third-order valence-corrected chi connectivity index (χ3v) is 5.72. The fraction of sp³-hybridized carbons (Fsp3) is 0.500. The van der Waals surface area contributed by atoms with Crippen LogP contribution in [-0.4, -0.2) is 63.9 Å². The first-order chi connectivity index (χ1) is 12.0. The molecule has 10 heteroatoms. The molecule has 1 fully saturated rings. The Morgan fingerprint density at radius 3 is 1.85 bits per heavy atom. The molecule has 1 aromatic rings. The molecule has 4 N–H and O–H groups in total. The maximum Gasteiger partial charge on any atom is 0.256 e. The summed E-state index contributed by atoms with van der Waals surface area (Å²) in [6.07, 6.45) is 0. The number of rotatable bonds is 4. The molecule has 2 unspecified atom stereocenters. The summed E-state index contributed by atoms with van der Waals surface area (Å²) in [7, 11) is -3.20. The molecule has 0 aromatic heterocycles. The van der Waals surface area contributed by atoms with Gasteiger partial charge >= 0.3 is 0 Å². The standard InChI is InChI=1S/C10H13NO2S.C5H11NOS.CH3NOS/c1-8-3-5-10(6-4-8)14(12,13)11-7-9(11)2;1-3-6(4-2)5(7)8;2-1(3)4/h3-6,9H,7H2,1-2H3;3-4H2,1-2H3,(H,7,8);(H3,2,3,4). The van der Waals surface area contributed by atoms with Crippen LogP contribution in [0.15, 0.2) is 29.2 Å². The van der Waals surface area contributed by atoms with Gasteiger partial charge < -0.3 is 20.8 Å². The van der Waals surface area contributed by atoms with Crippen LogP contribution in [-0.2, 0) is 10.0 Å². The van der Waals surface area contributed by atoms with Gasteiger partial charge in [0.1, 0.15) is 0 Å². The van der Waals surface area contributed by atoms with Crippen LogP contribution in [0.1, 0.15) is 26.3 Å². The maximum absolute atomic E-state index is 11.8. The van der Waals surface area contributed by atoms with Gasteiger partial charge in [-0.15, -0.1) is 0 Å². The number of hydrogen-bond acceptors (Lipinski definition) is 4. The SMILES string of the molecule is CCN(CC)C(O)=S.Cc1ccc(S(=O)(=O)N2CC2C)cc1.NC(O)=S. The van der Waals surface area contributed by atoms with Gasteiger partial charge in [0.15, 0.2) is 0 Å². The number of aliphatic hydroxyl groups is 2. The third kappa shape index (κ3) is 8.75. The molecule has 2 rings (SSSR count). The molecule has 0 bridgehead atoms. The number of nitrogens with zero attached hydrogens (tertiary/aromatic N) is 2. The van der Waals surface area contributed by atoms with E-state index in [2.05, 4.69) is 30.2 Å². The van der Waals surface area contributed by atoms with Gasteiger partial charge in [0.2, 0.25) is 10.0 Å². The quantitative estimate of drug-likeness (QED) is 0.502. The highest BCUT2D eigenvalue weighted by Gasteiger charge is 2.40. The number of aryl methyl sites for hydroxylation is 1. The number of nitrogens with two attached hydrogens (primary N) is 1. The number of sulfonamides is 1. The minimum absolute atomic E-state index is 0.00463. The van der Waals surface area contributed by atoms with Crippen molar-refractivity contribution in [3.8, 4) is 0 Å². The Bertz CT molecular complexity index is 685. The van der Waals surface area contributed by atoms with Crippen LogP contribution in [0.2, 0.25) is 0 Å². The van der Waals surface area contributed by atoms with E-state index in [0.717, 1.165) is 18.7 Å². The van der Waals surface area contributed by atoms with Gasteiger partial charge in [0, 0.05) is 25.7 Å². The Morgan fingerprint density at radius 2 is 1.62 bits per heavy atom. The summed E-state index contributed by atoms with van der Waals surface area (Å²) >= 11 is 8.37. The topological polar surface area (TPSA) is 107 Å². The zero-order valence-electron chi connectivity index (χ0n) is 15.4. The summed E-state index contributed by atoms with van der Waals surface area (Å²) in [6, 6.07) is 7.13. The molecule has 0 aliphatic carbocycles. The van der Waals surface area contributed by atoms with Gasteiger partial charge in [0.25, 0.3) is 10.3 Å².